The molecule has 0 aliphatic carbocycles. The van der Waals surface area contributed by atoms with E-state index >= 15 is 0 Å². The first-order valence-electron chi connectivity index (χ1n) is 5.79. The number of aliphatic hydroxyl groups excluding tert-OH is 1. The molecule has 0 bridgehead atoms. The first kappa shape index (κ1) is 13.2. The van der Waals surface area contributed by atoms with Gasteiger partial charge >= 0.3 is 0 Å². The van der Waals surface area contributed by atoms with Crippen LogP contribution in [0.5, 0.6) is 0 Å². The third kappa shape index (κ3) is 2.48. The van der Waals surface area contributed by atoms with Gasteiger partial charge in [0, 0.05) is 18.8 Å². The molecular formula is C13H14FN3O2. The number of carbonyl (C=O) groups is 1. The predicted molar refractivity (Wildman–Crippen MR) is 67.5 cm³/mol. The van der Waals surface area contributed by atoms with Crippen molar-refractivity contribution in [3.63, 3.8) is 0 Å². The van der Waals surface area contributed by atoms with Gasteiger partial charge in [0.15, 0.2) is 5.69 Å². The largest absolute Gasteiger partial charge is 0.389 e. The fourth-order valence-corrected chi connectivity index (χ4v) is 1.85. The van der Waals surface area contributed by atoms with Crippen LogP contribution < -0.4 is 5.32 Å². The van der Waals surface area contributed by atoms with Crippen molar-refractivity contribution in [2.75, 3.05) is 7.05 Å². The standard InChI is InChI=1S/C13H14FN3O2/c1-8(18)12-9(14)4-3-5-11(12)17-7-6-10(16-17)13(19)15-2/h3-8,18H,1-2H3,(H,15,19). The molecule has 0 saturated carbocycles. The fourth-order valence-electron chi connectivity index (χ4n) is 1.85. The molecule has 1 unspecified atom stereocenters. The normalized spacial score (nSPS) is 12.2. The molecule has 1 aromatic carbocycles. The Balaban J connectivity index is 2.50. The maximum atomic E-state index is 13.7. The zero-order chi connectivity index (χ0) is 14.0. The van der Waals surface area contributed by atoms with E-state index in [1.54, 1.807) is 12.3 Å². The number of nitrogens with one attached hydrogen (secondary N) is 1. The van der Waals surface area contributed by atoms with Crippen LogP contribution in [0.15, 0.2) is 30.5 Å². The second-order valence-corrected chi connectivity index (χ2v) is 4.07. The molecule has 1 heterocycles. The molecule has 6 heteroatoms. The van der Waals surface area contributed by atoms with Crippen LogP contribution >= 0.6 is 0 Å². The first-order chi connectivity index (χ1) is 9.04. The van der Waals surface area contributed by atoms with Gasteiger partial charge in [-0.1, -0.05) is 6.07 Å². The van der Waals surface area contributed by atoms with Crippen LogP contribution in [0.3, 0.4) is 0 Å². The van der Waals surface area contributed by atoms with Crippen LogP contribution in [-0.4, -0.2) is 27.8 Å². The van der Waals surface area contributed by atoms with Gasteiger partial charge in [0.05, 0.1) is 11.8 Å². The Hall–Kier alpha value is -2.21. The molecule has 0 saturated heterocycles. The van der Waals surface area contributed by atoms with E-state index in [2.05, 4.69) is 10.4 Å². The second-order valence-electron chi connectivity index (χ2n) is 4.07. The third-order valence-corrected chi connectivity index (χ3v) is 2.74. The quantitative estimate of drug-likeness (QED) is 0.880. The summed E-state index contributed by atoms with van der Waals surface area (Å²) in [7, 11) is 1.50. The van der Waals surface area contributed by atoms with E-state index in [9.17, 15) is 14.3 Å². The monoisotopic (exact) mass is 263 g/mol. The van der Waals surface area contributed by atoms with Gasteiger partial charge in [0.25, 0.3) is 5.91 Å². The second kappa shape index (κ2) is 5.19. The summed E-state index contributed by atoms with van der Waals surface area (Å²) in [5, 5.41) is 16.2. The summed E-state index contributed by atoms with van der Waals surface area (Å²) in [6.07, 6.45) is 0.578. The molecule has 100 valence electrons. The summed E-state index contributed by atoms with van der Waals surface area (Å²) in [4.78, 5) is 11.4. The van der Waals surface area contributed by atoms with Gasteiger partial charge in [0.2, 0.25) is 0 Å². The van der Waals surface area contributed by atoms with Crippen molar-refractivity contribution >= 4 is 5.91 Å². The van der Waals surface area contributed by atoms with Crippen molar-refractivity contribution in [1.82, 2.24) is 15.1 Å². The van der Waals surface area contributed by atoms with Crippen molar-refractivity contribution < 1.29 is 14.3 Å². The fraction of sp³-hybridized carbons (Fsp3) is 0.231. The van der Waals surface area contributed by atoms with Crippen molar-refractivity contribution in [3.05, 3.63) is 47.5 Å². The van der Waals surface area contributed by atoms with E-state index in [-0.39, 0.29) is 17.2 Å². The van der Waals surface area contributed by atoms with E-state index in [1.165, 1.54) is 36.9 Å². The van der Waals surface area contributed by atoms with Gasteiger partial charge in [-0.05, 0) is 25.1 Å². The van der Waals surface area contributed by atoms with Crippen LogP contribution in [-0.2, 0) is 0 Å². The zero-order valence-electron chi connectivity index (χ0n) is 10.6. The summed E-state index contributed by atoms with van der Waals surface area (Å²) in [5.41, 5.74) is 0.780. The van der Waals surface area contributed by atoms with Gasteiger partial charge in [-0.25, -0.2) is 9.07 Å². The molecule has 0 spiro atoms. The minimum atomic E-state index is -0.969. The van der Waals surface area contributed by atoms with E-state index < -0.39 is 11.9 Å². The van der Waals surface area contributed by atoms with Crippen molar-refractivity contribution in [1.29, 1.82) is 0 Å². The first-order valence-corrected chi connectivity index (χ1v) is 5.79. The Bertz CT molecular complexity index is 608. The van der Waals surface area contributed by atoms with Crippen LogP contribution in [0.1, 0.15) is 29.1 Å². The molecule has 2 rings (SSSR count). The summed E-state index contributed by atoms with van der Waals surface area (Å²) in [6, 6.07) is 5.95. The number of aromatic nitrogens is 2. The summed E-state index contributed by atoms with van der Waals surface area (Å²) in [5.74, 6) is -0.835. The molecule has 0 radical (unpaired) electrons. The molecule has 19 heavy (non-hydrogen) atoms. The van der Waals surface area contributed by atoms with E-state index in [0.29, 0.717) is 5.69 Å². The van der Waals surface area contributed by atoms with Crippen LogP contribution in [0.2, 0.25) is 0 Å². The molecule has 0 fully saturated rings. The van der Waals surface area contributed by atoms with E-state index in [4.69, 9.17) is 0 Å². The van der Waals surface area contributed by atoms with Gasteiger partial charge in [-0.2, -0.15) is 5.10 Å². The number of carbonyl (C=O) groups excluding carboxylic acids is 1. The maximum absolute atomic E-state index is 13.7. The predicted octanol–water partition coefficient (Wildman–Crippen LogP) is 1.42. The SMILES string of the molecule is CNC(=O)c1ccn(-c2cccc(F)c2C(C)O)n1. The lowest BCUT2D eigenvalue weighted by atomic mass is 10.1. The topological polar surface area (TPSA) is 67.2 Å². The highest BCUT2D eigenvalue weighted by Crippen LogP contribution is 2.24. The summed E-state index contributed by atoms with van der Waals surface area (Å²) >= 11 is 0. The number of hydrogen-bond donors (Lipinski definition) is 2. The van der Waals surface area contributed by atoms with Crippen molar-refractivity contribution in [2.24, 2.45) is 0 Å². The lowest BCUT2D eigenvalue weighted by Crippen LogP contribution is -2.18. The van der Waals surface area contributed by atoms with Gasteiger partial charge in [-0.15, -0.1) is 0 Å². The number of halogens is 1. The molecule has 5 nitrogen and oxygen atoms in total. The highest BCUT2D eigenvalue weighted by molar-refractivity contribution is 5.91. The lowest BCUT2D eigenvalue weighted by Gasteiger charge is -2.12. The molecule has 1 atom stereocenters. The average molecular weight is 263 g/mol. The Labute approximate surface area is 109 Å². The summed E-state index contributed by atoms with van der Waals surface area (Å²) in [6.45, 7) is 1.48. The van der Waals surface area contributed by atoms with Gasteiger partial charge in [-0.3, -0.25) is 4.79 Å². The Morgan fingerprint density at radius 1 is 1.47 bits per heavy atom. The van der Waals surface area contributed by atoms with Crippen LogP contribution in [0, 0.1) is 5.82 Å². The molecule has 1 aromatic heterocycles. The molecule has 1 amide bonds. The number of benzene rings is 1. The van der Waals surface area contributed by atoms with Crippen molar-refractivity contribution in [3.8, 4) is 5.69 Å². The molecule has 2 N–H and O–H groups in total. The van der Waals surface area contributed by atoms with Gasteiger partial charge < -0.3 is 10.4 Å². The summed E-state index contributed by atoms with van der Waals surface area (Å²) < 4.78 is 15.1. The molecular weight excluding hydrogens is 249 g/mol. The van der Waals surface area contributed by atoms with E-state index in [1.807, 2.05) is 0 Å². The molecule has 0 aliphatic rings. The van der Waals surface area contributed by atoms with E-state index in [0.717, 1.165) is 0 Å². The third-order valence-electron chi connectivity index (χ3n) is 2.74. The average Bonchev–Trinajstić information content (AvgIpc) is 2.86. The Morgan fingerprint density at radius 2 is 2.21 bits per heavy atom. The smallest absolute Gasteiger partial charge is 0.271 e. The van der Waals surface area contributed by atoms with Crippen molar-refractivity contribution in [2.45, 2.75) is 13.0 Å². The minimum Gasteiger partial charge on any atom is -0.389 e. The Morgan fingerprint density at radius 3 is 2.84 bits per heavy atom. The Kier molecular flexibility index (Phi) is 3.62. The number of amides is 1. The number of aliphatic hydroxyl groups is 1. The maximum Gasteiger partial charge on any atom is 0.271 e. The van der Waals surface area contributed by atoms with Gasteiger partial charge in [0.1, 0.15) is 5.82 Å². The number of hydrogen-bond acceptors (Lipinski definition) is 3. The molecule has 0 aliphatic heterocycles. The highest BCUT2D eigenvalue weighted by Gasteiger charge is 2.16. The highest BCUT2D eigenvalue weighted by atomic mass is 19.1. The molecule has 2 aromatic rings. The number of nitrogens with zero attached hydrogens (tertiary/aromatic N) is 2. The van der Waals surface area contributed by atoms with Crippen LogP contribution in [0.25, 0.3) is 5.69 Å². The zero-order valence-corrected chi connectivity index (χ0v) is 10.6. The minimum absolute atomic E-state index is 0.147. The van der Waals surface area contributed by atoms with Crippen LogP contribution in [0.4, 0.5) is 4.39 Å². The number of rotatable bonds is 3. The lowest BCUT2D eigenvalue weighted by molar-refractivity contribution is 0.0957.